The van der Waals surface area contributed by atoms with Crippen molar-refractivity contribution in [3.8, 4) is 11.4 Å². The second-order valence-electron chi connectivity index (χ2n) is 4.35. The molecule has 1 heterocycles. The summed E-state index contributed by atoms with van der Waals surface area (Å²) in [5.74, 6) is 0.971. The van der Waals surface area contributed by atoms with Crippen LogP contribution >= 0.6 is 0 Å². The first kappa shape index (κ1) is 13.3. The van der Waals surface area contributed by atoms with Gasteiger partial charge in [0.15, 0.2) is 0 Å². The zero-order valence-electron chi connectivity index (χ0n) is 11.1. The summed E-state index contributed by atoms with van der Waals surface area (Å²) in [6, 6.07) is 7.83. The summed E-state index contributed by atoms with van der Waals surface area (Å²) in [7, 11) is 0. The SMILES string of the molecule is CCCC(=O)NCc1nc(-c2ccccc2C)no1. The number of rotatable bonds is 5. The highest BCUT2D eigenvalue weighted by Crippen LogP contribution is 2.19. The molecule has 0 bridgehead atoms. The topological polar surface area (TPSA) is 68.0 Å². The first-order chi connectivity index (χ1) is 9.20. The molecule has 5 nitrogen and oxygen atoms in total. The largest absolute Gasteiger partial charge is 0.347 e. The molecular formula is C14H17N3O2. The van der Waals surface area contributed by atoms with Crippen LogP contribution in [0.3, 0.4) is 0 Å². The Labute approximate surface area is 112 Å². The van der Waals surface area contributed by atoms with E-state index in [1.54, 1.807) is 0 Å². The second kappa shape index (κ2) is 6.13. The van der Waals surface area contributed by atoms with Gasteiger partial charge in [0.25, 0.3) is 0 Å². The van der Waals surface area contributed by atoms with E-state index >= 15 is 0 Å². The van der Waals surface area contributed by atoms with Crippen LogP contribution in [-0.4, -0.2) is 16.0 Å². The monoisotopic (exact) mass is 259 g/mol. The summed E-state index contributed by atoms with van der Waals surface area (Å²) in [6.07, 6.45) is 1.34. The number of amides is 1. The molecule has 0 aliphatic heterocycles. The molecule has 0 aliphatic carbocycles. The van der Waals surface area contributed by atoms with E-state index in [4.69, 9.17) is 4.52 Å². The van der Waals surface area contributed by atoms with E-state index in [9.17, 15) is 4.79 Å². The van der Waals surface area contributed by atoms with Gasteiger partial charge in [0, 0.05) is 12.0 Å². The van der Waals surface area contributed by atoms with Crippen LogP contribution in [0, 0.1) is 6.92 Å². The van der Waals surface area contributed by atoms with E-state index in [-0.39, 0.29) is 12.5 Å². The van der Waals surface area contributed by atoms with Crippen molar-refractivity contribution in [1.29, 1.82) is 0 Å². The van der Waals surface area contributed by atoms with Gasteiger partial charge >= 0.3 is 0 Å². The minimum Gasteiger partial charge on any atom is -0.347 e. The number of carbonyl (C=O) groups is 1. The number of nitrogens with zero attached hydrogens (tertiary/aromatic N) is 2. The third kappa shape index (κ3) is 3.40. The molecule has 1 aromatic carbocycles. The number of hydrogen-bond donors (Lipinski definition) is 1. The maximum Gasteiger partial charge on any atom is 0.246 e. The molecule has 100 valence electrons. The molecule has 0 saturated heterocycles. The van der Waals surface area contributed by atoms with Crippen LogP contribution < -0.4 is 5.32 Å². The zero-order valence-corrected chi connectivity index (χ0v) is 11.1. The van der Waals surface area contributed by atoms with Gasteiger partial charge in [-0.1, -0.05) is 36.3 Å². The number of aryl methyl sites for hydroxylation is 1. The van der Waals surface area contributed by atoms with Gasteiger partial charge < -0.3 is 9.84 Å². The van der Waals surface area contributed by atoms with Crippen molar-refractivity contribution in [1.82, 2.24) is 15.5 Å². The third-order valence-corrected chi connectivity index (χ3v) is 2.77. The molecule has 0 saturated carbocycles. The summed E-state index contributed by atoms with van der Waals surface area (Å²) >= 11 is 0. The van der Waals surface area contributed by atoms with Crippen LogP contribution in [0.2, 0.25) is 0 Å². The summed E-state index contributed by atoms with van der Waals surface area (Å²) in [4.78, 5) is 15.6. The molecule has 0 radical (unpaired) electrons. The van der Waals surface area contributed by atoms with Gasteiger partial charge in [-0.25, -0.2) is 0 Å². The molecule has 0 atom stereocenters. The van der Waals surface area contributed by atoms with E-state index < -0.39 is 0 Å². The summed E-state index contributed by atoms with van der Waals surface area (Å²) in [5.41, 5.74) is 2.03. The Morgan fingerprint density at radius 3 is 2.89 bits per heavy atom. The van der Waals surface area contributed by atoms with E-state index in [1.807, 2.05) is 38.1 Å². The Bertz CT molecular complexity index is 563. The fraction of sp³-hybridized carbons (Fsp3) is 0.357. The van der Waals surface area contributed by atoms with Gasteiger partial charge in [-0.15, -0.1) is 0 Å². The highest BCUT2D eigenvalue weighted by molar-refractivity contribution is 5.75. The van der Waals surface area contributed by atoms with Crippen molar-refractivity contribution in [2.24, 2.45) is 0 Å². The van der Waals surface area contributed by atoms with Gasteiger partial charge in [0.2, 0.25) is 17.6 Å². The normalized spacial score (nSPS) is 10.4. The number of aromatic nitrogens is 2. The molecule has 19 heavy (non-hydrogen) atoms. The van der Waals surface area contributed by atoms with Crippen molar-refractivity contribution >= 4 is 5.91 Å². The summed E-state index contributed by atoms with van der Waals surface area (Å²) in [6.45, 7) is 4.23. The molecule has 0 unspecified atom stereocenters. The lowest BCUT2D eigenvalue weighted by molar-refractivity contribution is -0.121. The number of benzene rings is 1. The van der Waals surface area contributed by atoms with Crippen molar-refractivity contribution in [2.75, 3.05) is 0 Å². The molecule has 1 N–H and O–H groups in total. The molecule has 0 fully saturated rings. The van der Waals surface area contributed by atoms with Gasteiger partial charge in [-0.3, -0.25) is 4.79 Å². The van der Waals surface area contributed by atoms with Crippen molar-refractivity contribution in [3.63, 3.8) is 0 Å². The maximum atomic E-state index is 11.3. The highest BCUT2D eigenvalue weighted by Gasteiger charge is 2.10. The van der Waals surface area contributed by atoms with Crippen LogP contribution in [0.25, 0.3) is 11.4 Å². The van der Waals surface area contributed by atoms with Gasteiger partial charge in [0.05, 0.1) is 6.54 Å². The number of carbonyl (C=O) groups excluding carboxylic acids is 1. The first-order valence-corrected chi connectivity index (χ1v) is 6.36. The molecule has 2 rings (SSSR count). The molecule has 0 aliphatic rings. The Morgan fingerprint density at radius 1 is 1.37 bits per heavy atom. The predicted octanol–water partition coefficient (Wildman–Crippen LogP) is 2.46. The minimum absolute atomic E-state index is 0.00172. The second-order valence-corrected chi connectivity index (χ2v) is 4.35. The first-order valence-electron chi connectivity index (χ1n) is 6.36. The Morgan fingerprint density at radius 2 is 2.16 bits per heavy atom. The summed E-state index contributed by atoms with van der Waals surface area (Å²) < 4.78 is 5.13. The van der Waals surface area contributed by atoms with Gasteiger partial charge in [-0.05, 0) is 18.9 Å². The third-order valence-electron chi connectivity index (χ3n) is 2.77. The molecule has 1 aromatic heterocycles. The lowest BCUT2D eigenvalue weighted by Crippen LogP contribution is -2.22. The molecule has 5 heteroatoms. The molecule has 2 aromatic rings. The Hall–Kier alpha value is -2.17. The van der Waals surface area contributed by atoms with Crippen LogP contribution in [-0.2, 0) is 11.3 Å². The summed E-state index contributed by atoms with van der Waals surface area (Å²) in [5, 5.41) is 6.68. The van der Waals surface area contributed by atoms with Crippen LogP contribution in [0.4, 0.5) is 0 Å². The Kier molecular flexibility index (Phi) is 4.28. The fourth-order valence-corrected chi connectivity index (χ4v) is 1.75. The van der Waals surface area contributed by atoms with Gasteiger partial charge in [-0.2, -0.15) is 4.98 Å². The van der Waals surface area contributed by atoms with Gasteiger partial charge in [0.1, 0.15) is 0 Å². The average Bonchev–Trinajstić information content (AvgIpc) is 2.86. The lowest BCUT2D eigenvalue weighted by atomic mass is 10.1. The molecular weight excluding hydrogens is 242 g/mol. The van der Waals surface area contributed by atoms with Crippen LogP contribution in [0.1, 0.15) is 31.2 Å². The van der Waals surface area contributed by atoms with E-state index in [2.05, 4.69) is 15.5 Å². The van der Waals surface area contributed by atoms with E-state index in [0.717, 1.165) is 17.5 Å². The average molecular weight is 259 g/mol. The predicted molar refractivity (Wildman–Crippen MR) is 71.2 cm³/mol. The highest BCUT2D eigenvalue weighted by atomic mass is 16.5. The van der Waals surface area contributed by atoms with Crippen LogP contribution in [0.15, 0.2) is 28.8 Å². The molecule has 1 amide bonds. The smallest absolute Gasteiger partial charge is 0.246 e. The Balaban J connectivity index is 2.04. The van der Waals surface area contributed by atoms with Crippen molar-refractivity contribution in [3.05, 3.63) is 35.7 Å². The zero-order chi connectivity index (χ0) is 13.7. The van der Waals surface area contributed by atoms with Crippen LogP contribution in [0.5, 0.6) is 0 Å². The number of hydrogen-bond acceptors (Lipinski definition) is 4. The minimum atomic E-state index is -0.00172. The number of nitrogens with one attached hydrogen (secondary N) is 1. The van der Waals surface area contributed by atoms with Crippen molar-refractivity contribution < 1.29 is 9.32 Å². The lowest BCUT2D eigenvalue weighted by Gasteiger charge is -1.99. The van der Waals surface area contributed by atoms with E-state index in [0.29, 0.717) is 18.1 Å². The quantitative estimate of drug-likeness (QED) is 0.895. The van der Waals surface area contributed by atoms with Crippen molar-refractivity contribution in [2.45, 2.75) is 33.2 Å². The maximum absolute atomic E-state index is 11.3. The standard InChI is InChI=1S/C14H17N3O2/c1-3-6-12(18)15-9-13-16-14(17-19-13)11-8-5-4-7-10(11)2/h4-5,7-8H,3,6,9H2,1-2H3,(H,15,18). The van der Waals surface area contributed by atoms with E-state index in [1.165, 1.54) is 0 Å². The molecule has 0 spiro atoms. The fourth-order valence-electron chi connectivity index (χ4n) is 1.75.